The molecule has 2 aromatic rings. The quantitative estimate of drug-likeness (QED) is 0.407. The van der Waals surface area contributed by atoms with Crippen molar-refractivity contribution in [2.75, 3.05) is 11.4 Å². The zero-order valence-corrected chi connectivity index (χ0v) is 23.0. The van der Waals surface area contributed by atoms with Crippen molar-refractivity contribution in [2.24, 2.45) is 0 Å². The molecule has 0 saturated heterocycles. The van der Waals surface area contributed by atoms with E-state index in [1.165, 1.54) is 6.20 Å². The first kappa shape index (κ1) is 29.8. The number of nitrogens with one attached hydrogen (secondary N) is 1. The Morgan fingerprint density at radius 3 is 2.08 bits per heavy atom. The van der Waals surface area contributed by atoms with Gasteiger partial charge in [0.15, 0.2) is 5.13 Å². The predicted octanol–water partition coefficient (Wildman–Crippen LogP) is 6.29. The molecule has 0 bridgehead atoms. The van der Waals surface area contributed by atoms with Crippen LogP contribution in [0.2, 0.25) is 0 Å². The number of hydrogen-bond acceptors (Lipinski definition) is 7. The van der Waals surface area contributed by atoms with E-state index in [0.29, 0.717) is 3.79 Å². The second-order valence-corrected chi connectivity index (χ2v) is 12.2. The van der Waals surface area contributed by atoms with Crippen LogP contribution in [0, 0.1) is 0 Å². The van der Waals surface area contributed by atoms with Crippen molar-refractivity contribution in [3.05, 3.63) is 45.4 Å². The summed E-state index contributed by atoms with van der Waals surface area (Å²) >= 11 is 4.40. The van der Waals surface area contributed by atoms with E-state index in [4.69, 9.17) is 9.47 Å². The van der Waals surface area contributed by atoms with Crippen molar-refractivity contribution in [3.8, 4) is 0 Å². The highest BCUT2D eigenvalue weighted by Crippen LogP contribution is 2.32. The van der Waals surface area contributed by atoms with E-state index < -0.39 is 47.3 Å². The van der Waals surface area contributed by atoms with E-state index in [0.717, 1.165) is 40.5 Å². The molecule has 0 spiro atoms. The summed E-state index contributed by atoms with van der Waals surface area (Å²) in [5.41, 5.74) is -2.52. The molecule has 2 rings (SSSR count). The van der Waals surface area contributed by atoms with Gasteiger partial charge in [0, 0.05) is 0 Å². The average Bonchev–Trinajstić information content (AvgIpc) is 3.13. The number of alkyl halides is 3. The summed E-state index contributed by atoms with van der Waals surface area (Å²) in [6, 6.07) is 2.66. The Morgan fingerprint density at radius 2 is 1.64 bits per heavy atom. The maximum atomic E-state index is 13.0. The van der Waals surface area contributed by atoms with Crippen molar-refractivity contribution >= 4 is 44.6 Å². The summed E-state index contributed by atoms with van der Waals surface area (Å²) in [5.74, 6) is 0. The van der Waals surface area contributed by atoms with Crippen LogP contribution in [0.1, 0.15) is 58.8 Å². The maximum Gasteiger partial charge on any atom is 0.416 e. The van der Waals surface area contributed by atoms with Crippen LogP contribution in [-0.2, 0) is 15.7 Å². The third-order valence-corrected chi connectivity index (χ3v) is 5.85. The standard InChI is InChI=1S/C23H29BrF3N3O5S/c1-21(2,3)34-19(32)29-15(17(31)13-7-9-14(10-8-13)23(25,26)27)12-30(18-28-11-16(24)36-18)20(33)35-22(4,5)6/h7-11,15,17,31H,12H2,1-6H3,(H,29,32)/t15-,17+/m1/s1. The van der Waals surface area contributed by atoms with Crippen LogP contribution in [0.4, 0.5) is 27.9 Å². The van der Waals surface area contributed by atoms with E-state index in [1.54, 1.807) is 41.5 Å². The van der Waals surface area contributed by atoms with Crippen LogP contribution in [0.3, 0.4) is 0 Å². The number of aliphatic hydroxyl groups excluding tert-OH is 1. The lowest BCUT2D eigenvalue weighted by molar-refractivity contribution is -0.137. The number of rotatable bonds is 6. The Labute approximate surface area is 219 Å². The number of carbonyl (C=O) groups is 2. The number of alkyl carbamates (subject to hydrolysis) is 1. The second-order valence-electron chi connectivity index (χ2n) is 9.86. The maximum absolute atomic E-state index is 13.0. The molecule has 0 fully saturated rings. The third-order valence-electron chi connectivity index (χ3n) is 4.35. The van der Waals surface area contributed by atoms with Crippen LogP contribution in [0.25, 0.3) is 0 Å². The highest BCUT2D eigenvalue weighted by molar-refractivity contribution is 9.11. The van der Waals surface area contributed by atoms with Crippen LogP contribution in [-0.4, -0.2) is 46.1 Å². The van der Waals surface area contributed by atoms with E-state index in [2.05, 4.69) is 26.2 Å². The minimum Gasteiger partial charge on any atom is -0.444 e. The number of carbonyl (C=O) groups excluding carboxylic acids is 2. The Balaban J connectivity index is 2.43. The number of anilines is 1. The average molecular weight is 596 g/mol. The Hall–Kier alpha value is -2.38. The summed E-state index contributed by atoms with van der Waals surface area (Å²) in [5, 5.41) is 13.8. The molecular weight excluding hydrogens is 567 g/mol. The molecule has 0 unspecified atom stereocenters. The number of aromatic nitrogens is 1. The van der Waals surface area contributed by atoms with Crippen molar-refractivity contribution in [2.45, 2.75) is 71.1 Å². The summed E-state index contributed by atoms with van der Waals surface area (Å²) in [6.45, 7) is 9.64. The molecule has 2 amide bonds. The zero-order chi connectivity index (χ0) is 27.5. The van der Waals surface area contributed by atoms with Gasteiger partial charge in [-0.1, -0.05) is 23.5 Å². The molecule has 0 aliphatic heterocycles. The van der Waals surface area contributed by atoms with Crippen LogP contribution >= 0.6 is 27.3 Å². The number of nitrogens with zero attached hydrogens (tertiary/aromatic N) is 2. The van der Waals surface area contributed by atoms with Gasteiger partial charge >= 0.3 is 18.4 Å². The largest absolute Gasteiger partial charge is 0.444 e. The molecule has 1 aromatic heterocycles. The summed E-state index contributed by atoms with van der Waals surface area (Å²) in [6.07, 6.45) is -6.26. The monoisotopic (exact) mass is 595 g/mol. The SMILES string of the molecule is CC(C)(C)OC(=O)N[C@H](CN(C(=O)OC(C)(C)C)c1ncc(Br)s1)[C@@H](O)c1ccc(C(F)(F)F)cc1. The fraction of sp³-hybridized carbons (Fsp3) is 0.522. The molecule has 0 radical (unpaired) electrons. The van der Waals surface area contributed by atoms with Gasteiger partial charge in [-0.15, -0.1) is 0 Å². The van der Waals surface area contributed by atoms with Crippen molar-refractivity contribution < 1.29 is 37.3 Å². The van der Waals surface area contributed by atoms with E-state index >= 15 is 0 Å². The van der Waals surface area contributed by atoms with E-state index in [-0.39, 0.29) is 17.2 Å². The van der Waals surface area contributed by atoms with Crippen molar-refractivity contribution in [1.29, 1.82) is 0 Å². The molecule has 0 aliphatic carbocycles. The summed E-state index contributed by atoms with van der Waals surface area (Å²) in [7, 11) is 0. The fourth-order valence-electron chi connectivity index (χ4n) is 2.90. The molecule has 0 aliphatic rings. The lowest BCUT2D eigenvalue weighted by atomic mass is 10.0. The number of ether oxygens (including phenoxy) is 2. The van der Waals surface area contributed by atoms with Gasteiger partial charge in [-0.3, -0.25) is 4.90 Å². The molecule has 2 N–H and O–H groups in total. The number of aliphatic hydroxyl groups is 1. The molecule has 13 heteroatoms. The lowest BCUT2D eigenvalue weighted by Gasteiger charge is -2.32. The van der Waals surface area contributed by atoms with Gasteiger partial charge < -0.3 is 19.9 Å². The number of benzene rings is 1. The number of halogens is 4. The van der Waals surface area contributed by atoms with E-state index in [1.807, 2.05) is 0 Å². The first-order chi connectivity index (χ1) is 16.4. The van der Waals surface area contributed by atoms with Gasteiger partial charge in [-0.2, -0.15) is 13.2 Å². The number of hydrogen-bond donors (Lipinski definition) is 2. The Kier molecular flexibility index (Phi) is 9.41. The lowest BCUT2D eigenvalue weighted by Crippen LogP contribution is -2.51. The molecule has 36 heavy (non-hydrogen) atoms. The van der Waals surface area contributed by atoms with E-state index in [9.17, 15) is 27.9 Å². The van der Waals surface area contributed by atoms with Gasteiger partial charge in [0.2, 0.25) is 0 Å². The molecule has 1 heterocycles. The molecule has 0 saturated carbocycles. The van der Waals surface area contributed by atoms with Gasteiger partial charge in [0.05, 0.1) is 28.1 Å². The van der Waals surface area contributed by atoms with Gasteiger partial charge in [0.1, 0.15) is 17.3 Å². The minimum atomic E-state index is -4.55. The molecule has 200 valence electrons. The first-order valence-corrected chi connectivity index (χ1v) is 12.4. The third kappa shape index (κ3) is 9.25. The number of amides is 2. The summed E-state index contributed by atoms with van der Waals surface area (Å²) in [4.78, 5) is 30.9. The normalized spacial score (nSPS) is 14.1. The molecule has 2 atom stereocenters. The number of thiazole rings is 1. The smallest absolute Gasteiger partial charge is 0.416 e. The topological polar surface area (TPSA) is 101 Å². The van der Waals surface area contributed by atoms with Gasteiger partial charge in [-0.25, -0.2) is 14.6 Å². The Bertz CT molecular complexity index is 1050. The van der Waals surface area contributed by atoms with Crippen LogP contribution < -0.4 is 10.2 Å². The van der Waals surface area contributed by atoms with Crippen LogP contribution in [0.15, 0.2) is 34.2 Å². The second kappa shape index (κ2) is 11.3. The highest BCUT2D eigenvalue weighted by atomic mass is 79.9. The summed E-state index contributed by atoms with van der Waals surface area (Å²) < 4.78 is 50.4. The Morgan fingerprint density at radius 1 is 1.08 bits per heavy atom. The van der Waals surface area contributed by atoms with Crippen molar-refractivity contribution in [3.63, 3.8) is 0 Å². The van der Waals surface area contributed by atoms with Crippen LogP contribution in [0.5, 0.6) is 0 Å². The molecule has 8 nitrogen and oxygen atoms in total. The predicted molar refractivity (Wildman–Crippen MR) is 133 cm³/mol. The zero-order valence-electron chi connectivity index (χ0n) is 20.6. The molecule has 1 aromatic carbocycles. The minimum absolute atomic E-state index is 0.0912. The highest BCUT2D eigenvalue weighted by Gasteiger charge is 2.34. The van der Waals surface area contributed by atoms with Gasteiger partial charge in [-0.05, 0) is 75.2 Å². The van der Waals surface area contributed by atoms with Gasteiger partial charge in [0.25, 0.3) is 0 Å². The molecular formula is C23H29BrF3N3O5S. The fourth-order valence-corrected chi connectivity index (χ4v) is 4.08. The first-order valence-electron chi connectivity index (χ1n) is 10.8. The van der Waals surface area contributed by atoms with Crippen molar-refractivity contribution in [1.82, 2.24) is 10.3 Å².